The van der Waals surface area contributed by atoms with Gasteiger partial charge in [0.15, 0.2) is 0 Å². The van der Waals surface area contributed by atoms with Gasteiger partial charge in [0, 0.05) is 9.35 Å². The number of urea groups is 1. The van der Waals surface area contributed by atoms with Crippen LogP contribution >= 0.6 is 38.9 Å². The summed E-state index contributed by atoms with van der Waals surface area (Å²) < 4.78 is 0.941. The van der Waals surface area contributed by atoms with Crippen molar-refractivity contribution in [3.63, 3.8) is 0 Å². The highest BCUT2D eigenvalue weighted by molar-refractivity contribution is 9.10. The van der Waals surface area contributed by atoms with Crippen molar-refractivity contribution in [3.8, 4) is 0 Å². The summed E-state index contributed by atoms with van der Waals surface area (Å²) in [4.78, 5) is 23.6. The molecule has 0 fully saturated rings. The summed E-state index contributed by atoms with van der Waals surface area (Å²) in [6.45, 7) is 0.384. The Morgan fingerprint density at radius 1 is 1.33 bits per heavy atom. The van der Waals surface area contributed by atoms with Crippen molar-refractivity contribution in [2.75, 3.05) is 5.32 Å². The van der Waals surface area contributed by atoms with Gasteiger partial charge in [-0.1, -0.05) is 11.6 Å². The van der Waals surface area contributed by atoms with Crippen LogP contribution in [0.3, 0.4) is 0 Å². The van der Waals surface area contributed by atoms with E-state index in [2.05, 4.69) is 26.6 Å². The molecule has 0 atom stereocenters. The first-order chi connectivity index (χ1) is 9.97. The van der Waals surface area contributed by atoms with Gasteiger partial charge in [-0.15, -0.1) is 11.3 Å². The maximum atomic E-state index is 11.8. The zero-order valence-electron chi connectivity index (χ0n) is 10.5. The van der Waals surface area contributed by atoms with Crippen LogP contribution in [0.5, 0.6) is 0 Å². The van der Waals surface area contributed by atoms with Crippen LogP contribution in [0.15, 0.2) is 34.1 Å². The van der Waals surface area contributed by atoms with E-state index in [1.165, 1.54) is 29.5 Å². The van der Waals surface area contributed by atoms with E-state index in [0.717, 1.165) is 9.35 Å². The van der Waals surface area contributed by atoms with Gasteiger partial charge in [-0.3, -0.25) is 0 Å². The molecule has 0 aliphatic carbocycles. The molecular formula is C13H10BrClN2O3S. The van der Waals surface area contributed by atoms with Crippen molar-refractivity contribution in [1.29, 1.82) is 0 Å². The Labute approximate surface area is 138 Å². The molecule has 0 aliphatic heterocycles. The maximum Gasteiger partial charge on any atom is 0.335 e. The van der Waals surface area contributed by atoms with Gasteiger partial charge >= 0.3 is 12.0 Å². The fourth-order valence-electron chi connectivity index (χ4n) is 1.53. The highest BCUT2D eigenvalue weighted by Crippen LogP contribution is 2.24. The second kappa shape index (κ2) is 6.93. The quantitative estimate of drug-likeness (QED) is 0.734. The molecule has 0 bridgehead atoms. The molecule has 8 heteroatoms. The summed E-state index contributed by atoms with van der Waals surface area (Å²) in [5, 5.41) is 16.2. The summed E-state index contributed by atoms with van der Waals surface area (Å²) in [6.07, 6.45) is 0. The highest BCUT2D eigenvalue weighted by atomic mass is 79.9. The van der Waals surface area contributed by atoms with Gasteiger partial charge in [0.05, 0.1) is 22.8 Å². The molecule has 0 aliphatic rings. The van der Waals surface area contributed by atoms with Gasteiger partial charge in [0.1, 0.15) is 0 Å². The number of carboxylic acids is 1. The Balaban J connectivity index is 1.96. The highest BCUT2D eigenvalue weighted by Gasteiger charge is 2.10. The minimum absolute atomic E-state index is 0.0634. The van der Waals surface area contributed by atoms with Crippen LogP contribution in [0.4, 0.5) is 10.5 Å². The third-order valence-corrected chi connectivity index (χ3v) is 4.80. The molecule has 1 aromatic heterocycles. The Bertz CT molecular complexity index is 690. The van der Waals surface area contributed by atoms with Gasteiger partial charge in [-0.2, -0.15) is 0 Å². The number of carbonyl (C=O) groups excluding carboxylic acids is 1. The monoisotopic (exact) mass is 388 g/mol. The van der Waals surface area contributed by atoms with Crippen LogP contribution in [0.25, 0.3) is 0 Å². The number of hydrogen-bond acceptors (Lipinski definition) is 3. The van der Waals surface area contributed by atoms with E-state index >= 15 is 0 Å². The second-order valence-electron chi connectivity index (χ2n) is 4.00. The van der Waals surface area contributed by atoms with Gasteiger partial charge in [-0.25, -0.2) is 9.59 Å². The van der Waals surface area contributed by atoms with E-state index in [0.29, 0.717) is 12.2 Å². The summed E-state index contributed by atoms with van der Waals surface area (Å²) in [7, 11) is 0. The van der Waals surface area contributed by atoms with E-state index in [-0.39, 0.29) is 10.6 Å². The molecule has 2 amide bonds. The van der Waals surface area contributed by atoms with E-state index in [1.807, 2.05) is 11.4 Å². The lowest BCUT2D eigenvalue weighted by Gasteiger charge is -2.09. The van der Waals surface area contributed by atoms with Crippen molar-refractivity contribution in [3.05, 3.63) is 49.6 Å². The maximum absolute atomic E-state index is 11.8. The predicted octanol–water partition coefficient (Wildman–Crippen LogP) is 4.18. The Hall–Kier alpha value is -1.57. The zero-order chi connectivity index (χ0) is 15.4. The van der Waals surface area contributed by atoms with Crippen molar-refractivity contribution in [2.45, 2.75) is 6.54 Å². The van der Waals surface area contributed by atoms with Crippen molar-refractivity contribution in [2.24, 2.45) is 0 Å². The summed E-state index contributed by atoms with van der Waals surface area (Å²) in [5.41, 5.74) is 0.415. The molecule has 0 spiro atoms. The summed E-state index contributed by atoms with van der Waals surface area (Å²) in [6, 6.07) is 5.60. The Morgan fingerprint density at radius 3 is 2.67 bits per heavy atom. The largest absolute Gasteiger partial charge is 0.478 e. The second-order valence-corrected chi connectivity index (χ2v) is 6.26. The number of carboxylic acid groups (broad SMARTS) is 1. The third-order valence-electron chi connectivity index (χ3n) is 2.56. The fourth-order valence-corrected chi connectivity index (χ4v) is 3.19. The molecule has 5 nitrogen and oxygen atoms in total. The van der Waals surface area contributed by atoms with Gasteiger partial charge in [-0.05, 0) is 45.6 Å². The van der Waals surface area contributed by atoms with E-state index in [9.17, 15) is 9.59 Å². The van der Waals surface area contributed by atoms with Crippen molar-refractivity contribution in [1.82, 2.24) is 5.32 Å². The number of amides is 2. The minimum Gasteiger partial charge on any atom is -0.478 e. The third kappa shape index (κ3) is 4.20. The molecule has 21 heavy (non-hydrogen) atoms. The van der Waals surface area contributed by atoms with Crippen LogP contribution < -0.4 is 10.6 Å². The van der Waals surface area contributed by atoms with E-state index < -0.39 is 12.0 Å². The lowest BCUT2D eigenvalue weighted by Crippen LogP contribution is -2.28. The molecule has 0 saturated heterocycles. The molecule has 1 aromatic carbocycles. The van der Waals surface area contributed by atoms with Gasteiger partial charge in [0.2, 0.25) is 0 Å². The summed E-state index contributed by atoms with van der Waals surface area (Å²) >= 11 is 10.8. The molecule has 1 heterocycles. The molecule has 3 N–H and O–H groups in total. The number of carbonyl (C=O) groups is 2. The van der Waals surface area contributed by atoms with Crippen LogP contribution in [0.1, 0.15) is 15.2 Å². The molecule has 110 valence electrons. The minimum atomic E-state index is -1.07. The van der Waals surface area contributed by atoms with E-state index in [4.69, 9.17) is 16.7 Å². The standard InChI is InChI=1S/C13H10BrClN2O3S/c14-8-3-4-21-11(8)6-16-13(20)17-10-2-1-7(12(18)19)5-9(10)15/h1-5H,6H2,(H,18,19)(H2,16,17,20). The average Bonchev–Trinajstić information content (AvgIpc) is 2.84. The zero-order valence-corrected chi connectivity index (χ0v) is 13.7. The fraction of sp³-hybridized carbons (Fsp3) is 0.0769. The Morgan fingerprint density at radius 2 is 2.10 bits per heavy atom. The number of hydrogen-bond donors (Lipinski definition) is 3. The number of halogens is 2. The van der Waals surface area contributed by atoms with Crippen LogP contribution in [0, 0.1) is 0 Å². The molecule has 2 aromatic rings. The number of nitrogens with one attached hydrogen (secondary N) is 2. The Kier molecular flexibility index (Phi) is 5.22. The number of anilines is 1. The van der Waals surface area contributed by atoms with Crippen molar-refractivity contribution < 1.29 is 14.7 Å². The van der Waals surface area contributed by atoms with Gasteiger partial charge < -0.3 is 15.7 Å². The predicted molar refractivity (Wildman–Crippen MR) is 86.3 cm³/mol. The lowest BCUT2D eigenvalue weighted by molar-refractivity contribution is 0.0697. The lowest BCUT2D eigenvalue weighted by atomic mass is 10.2. The molecular weight excluding hydrogens is 380 g/mol. The normalized spacial score (nSPS) is 10.2. The number of rotatable bonds is 4. The first kappa shape index (κ1) is 15.8. The van der Waals surface area contributed by atoms with Crippen molar-refractivity contribution >= 4 is 56.6 Å². The van der Waals surface area contributed by atoms with Crippen LogP contribution in [0.2, 0.25) is 5.02 Å². The number of thiophene rings is 1. The van der Waals surface area contributed by atoms with Crippen LogP contribution in [-0.2, 0) is 6.54 Å². The topological polar surface area (TPSA) is 78.4 Å². The van der Waals surface area contributed by atoms with Gasteiger partial charge in [0.25, 0.3) is 0 Å². The molecule has 2 rings (SSSR count). The summed E-state index contributed by atoms with van der Waals surface area (Å²) in [5.74, 6) is -1.07. The molecule has 0 saturated carbocycles. The van der Waals surface area contributed by atoms with E-state index in [1.54, 1.807) is 0 Å². The first-order valence-corrected chi connectivity index (χ1v) is 7.82. The first-order valence-electron chi connectivity index (χ1n) is 5.77. The molecule has 0 unspecified atom stereocenters. The smallest absolute Gasteiger partial charge is 0.335 e. The average molecular weight is 390 g/mol. The number of benzene rings is 1. The molecule has 0 radical (unpaired) electrons. The van der Waals surface area contributed by atoms with Crippen LogP contribution in [-0.4, -0.2) is 17.1 Å². The SMILES string of the molecule is O=C(NCc1sccc1Br)Nc1ccc(C(=O)O)cc1Cl. The number of aromatic carboxylic acids is 1.